The Morgan fingerprint density at radius 1 is 1.42 bits per heavy atom. The zero-order valence-electron chi connectivity index (χ0n) is 10.2. The van der Waals surface area contributed by atoms with Crippen molar-refractivity contribution in [1.29, 1.82) is 5.26 Å². The minimum Gasteiger partial charge on any atom is -0.327 e. The minimum atomic E-state index is -0.354. The second-order valence-electron chi connectivity index (χ2n) is 4.25. The fourth-order valence-corrected chi connectivity index (χ4v) is 2.14. The number of nitrogens with zero attached hydrogens (tertiary/aromatic N) is 3. The van der Waals surface area contributed by atoms with Crippen molar-refractivity contribution < 1.29 is 0 Å². The Kier molecular flexibility index (Phi) is 2.43. The number of nitriles is 1. The van der Waals surface area contributed by atoms with E-state index >= 15 is 0 Å². The smallest absolute Gasteiger partial charge is 0.266 e. The van der Waals surface area contributed by atoms with Crippen LogP contribution in [0.1, 0.15) is 11.1 Å². The maximum atomic E-state index is 11.5. The van der Waals surface area contributed by atoms with E-state index in [1.54, 1.807) is 19.3 Å². The molecule has 0 saturated carbocycles. The predicted molar refractivity (Wildman–Crippen MR) is 70.7 cm³/mol. The normalized spacial score (nSPS) is 10.5. The van der Waals surface area contributed by atoms with E-state index in [9.17, 15) is 4.79 Å². The summed E-state index contributed by atoms with van der Waals surface area (Å²) in [5.74, 6) is 0. The molecule has 3 aromatic rings. The number of aromatic amines is 1. The van der Waals surface area contributed by atoms with Gasteiger partial charge in [0, 0.05) is 35.9 Å². The molecule has 0 radical (unpaired) electrons. The molecule has 1 N–H and O–H groups in total. The number of H-pyrrole nitrogens is 1. The SMILES string of the molecule is Cc1c(-c2ccc3nccn3c2)c[nH]c(=O)c1C#N. The van der Waals surface area contributed by atoms with Gasteiger partial charge in [0.25, 0.3) is 5.56 Å². The van der Waals surface area contributed by atoms with Crippen LogP contribution in [0.2, 0.25) is 0 Å². The third-order valence-corrected chi connectivity index (χ3v) is 3.17. The number of aromatic nitrogens is 3. The van der Waals surface area contributed by atoms with Crippen molar-refractivity contribution in [3.63, 3.8) is 0 Å². The Balaban J connectivity index is 2.27. The zero-order chi connectivity index (χ0) is 13.4. The summed E-state index contributed by atoms with van der Waals surface area (Å²) >= 11 is 0. The predicted octanol–water partition coefficient (Wildman–Crippen LogP) is 1.87. The molecule has 3 heterocycles. The van der Waals surface area contributed by atoms with Crippen LogP contribution in [0.5, 0.6) is 0 Å². The van der Waals surface area contributed by atoms with E-state index in [0.29, 0.717) is 5.56 Å². The average molecular weight is 250 g/mol. The number of hydrogen-bond donors (Lipinski definition) is 1. The van der Waals surface area contributed by atoms with Crippen molar-refractivity contribution in [3.05, 3.63) is 58.4 Å². The Morgan fingerprint density at radius 2 is 2.26 bits per heavy atom. The molecule has 5 heteroatoms. The van der Waals surface area contributed by atoms with Crippen LogP contribution >= 0.6 is 0 Å². The fourth-order valence-electron chi connectivity index (χ4n) is 2.14. The van der Waals surface area contributed by atoms with Gasteiger partial charge < -0.3 is 9.38 Å². The van der Waals surface area contributed by atoms with Gasteiger partial charge in [-0.05, 0) is 24.6 Å². The van der Waals surface area contributed by atoms with Crippen LogP contribution in [-0.2, 0) is 0 Å². The molecule has 3 aromatic heterocycles. The van der Waals surface area contributed by atoms with E-state index in [0.717, 1.165) is 16.8 Å². The van der Waals surface area contributed by atoms with E-state index in [2.05, 4.69) is 9.97 Å². The van der Waals surface area contributed by atoms with Crippen molar-refractivity contribution in [2.75, 3.05) is 0 Å². The summed E-state index contributed by atoms with van der Waals surface area (Å²) in [7, 11) is 0. The molecule has 5 nitrogen and oxygen atoms in total. The summed E-state index contributed by atoms with van der Waals surface area (Å²) in [6.45, 7) is 1.78. The highest BCUT2D eigenvalue weighted by Crippen LogP contribution is 2.23. The van der Waals surface area contributed by atoms with Crippen LogP contribution in [-0.4, -0.2) is 14.4 Å². The van der Waals surface area contributed by atoms with Crippen molar-refractivity contribution in [2.45, 2.75) is 6.92 Å². The molecule has 19 heavy (non-hydrogen) atoms. The zero-order valence-corrected chi connectivity index (χ0v) is 10.2. The van der Waals surface area contributed by atoms with Gasteiger partial charge >= 0.3 is 0 Å². The topological polar surface area (TPSA) is 74.0 Å². The summed E-state index contributed by atoms with van der Waals surface area (Å²) in [4.78, 5) is 18.3. The molecular formula is C14H10N4O. The molecule has 0 unspecified atom stereocenters. The molecule has 0 aliphatic rings. The maximum absolute atomic E-state index is 11.5. The summed E-state index contributed by atoms with van der Waals surface area (Å²) in [6.07, 6.45) is 7.13. The first-order chi connectivity index (χ1) is 9.20. The first kappa shape index (κ1) is 11.2. The Labute approximate surface area is 108 Å². The van der Waals surface area contributed by atoms with E-state index in [-0.39, 0.29) is 11.1 Å². The Bertz CT molecular complexity index is 867. The van der Waals surface area contributed by atoms with Crippen molar-refractivity contribution in [1.82, 2.24) is 14.4 Å². The molecular weight excluding hydrogens is 240 g/mol. The fraction of sp³-hybridized carbons (Fsp3) is 0.0714. The molecule has 92 valence electrons. The third-order valence-electron chi connectivity index (χ3n) is 3.17. The van der Waals surface area contributed by atoms with Crippen LogP contribution in [0.15, 0.2) is 41.7 Å². The first-order valence-corrected chi connectivity index (χ1v) is 5.76. The van der Waals surface area contributed by atoms with E-state index in [1.807, 2.05) is 35.0 Å². The lowest BCUT2D eigenvalue weighted by atomic mass is 10.0. The number of nitrogens with one attached hydrogen (secondary N) is 1. The highest BCUT2D eigenvalue weighted by atomic mass is 16.1. The number of hydrogen-bond acceptors (Lipinski definition) is 3. The summed E-state index contributed by atoms with van der Waals surface area (Å²) < 4.78 is 1.89. The van der Waals surface area contributed by atoms with Crippen molar-refractivity contribution >= 4 is 5.65 Å². The molecule has 0 amide bonds. The lowest BCUT2D eigenvalue weighted by molar-refractivity contribution is 1.16. The minimum absolute atomic E-state index is 0.156. The van der Waals surface area contributed by atoms with Gasteiger partial charge in [0.2, 0.25) is 0 Å². The molecule has 0 aliphatic heterocycles. The quantitative estimate of drug-likeness (QED) is 0.716. The molecule has 0 aromatic carbocycles. The molecule has 0 fully saturated rings. The van der Waals surface area contributed by atoms with Gasteiger partial charge in [0.05, 0.1) is 0 Å². The lowest BCUT2D eigenvalue weighted by Crippen LogP contribution is -2.12. The van der Waals surface area contributed by atoms with Crippen LogP contribution in [0.25, 0.3) is 16.8 Å². The molecule has 3 rings (SSSR count). The van der Waals surface area contributed by atoms with E-state index < -0.39 is 0 Å². The number of pyridine rings is 2. The summed E-state index contributed by atoms with van der Waals surface area (Å²) in [6, 6.07) is 5.76. The highest BCUT2D eigenvalue weighted by molar-refractivity contribution is 5.69. The van der Waals surface area contributed by atoms with Gasteiger partial charge in [-0.15, -0.1) is 0 Å². The van der Waals surface area contributed by atoms with Crippen LogP contribution in [0.3, 0.4) is 0 Å². The first-order valence-electron chi connectivity index (χ1n) is 5.76. The maximum Gasteiger partial charge on any atom is 0.266 e. The van der Waals surface area contributed by atoms with Gasteiger partial charge in [0.1, 0.15) is 17.3 Å². The molecule has 0 bridgehead atoms. The van der Waals surface area contributed by atoms with Crippen LogP contribution in [0.4, 0.5) is 0 Å². The largest absolute Gasteiger partial charge is 0.327 e. The van der Waals surface area contributed by atoms with Gasteiger partial charge in [-0.2, -0.15) is 5.26 Å². The number of fused-ring (bicyclic) bond motifs is 1. The van der Waals surface area contributed by atoms with Crippen LogP contribution in [0, 0.1) is 18.3 Å². The standard InChI is InChI=1S/C14H10N4O/c1-9-11(6-15)14(19)17-7-12(9)10-2-3-13-16-4-5-18(13)8-10/h2-5,7-8H,1H3,(H,17,19). The Hall–Kier alpha value is -2.87. The van der Waals surface area contributed by atoms with Gasteiger partial charge in [-0.1, -0.05) is 0 Å². The van der Waals surface area contributed by atoms with Crippen molar-refractivity contribution in [3.8, 4) is 17.2 Å². The lowest BCUT2D eigenvalue weighted by Gasteiger charge is -2.07. The van der Waals surface area contributed by atoms with Gasteiger partial charge in [-0.3, -0.25) is 4.79 Å². The average Bonchev–Trinajstić information content (AvgIpc) is 2.86. The molecule has 0 atom stereocenters. The monoisotopic (exact) mass is 250 g/mol. The van der Waals surface area contributed by atoms with Gasteiger partial charge in [0.15, 0.2) is 0 Å². The second-order valence-corrected chi connectivity index (χ2v) is 4.25. The Morgan fingerprint density at radius 3 is 3.05 bits per heavy atom. The third kappa shape index (κ3) is 1.70. The molecule has 0 aliphatic carbocycles. The molecule has 0 saturated heterocycles. The number of imidazole rings is 1. The van der Waals surface area contributed by atoms with E-state index in [4.69, 9.17) is 5.26 Å². The number of rotatable bonds is 1. The second kappa shape index (κ2) is 4.10. The van der Waals surface area contributed by atoms with Crippen molar-refractivity contribution in [2.24, 2.45) is 0 Å². The highest BCUT2D eigenvalue weighted by Gasteiger charge is 2.10. The summed E-state index contributed by atoms with van der Waals surface area (Å²) in [5, 5.41) is 9.02. The van der Waals surface area contributed by atoms with Crippen LogP contribution < -0.4 is 5.56 Å². The van der Waals surface area contributed by atoms with Gasteiger partial charge in [-0.25, -0.2) is 4.98 Å². The molecule has 0 spiro atoms. The summed E-state index contributed by atoms with van der Waals surface area (Å²) in [5.41, 5.74) is 3.11. The van der Waals surface area contributed by atoms with E-state index in [1.165, 1.54) is 0 Å².